The largest absolute Gasteiger partial charge is 0.476 e. The maximum atomic E-state index is 13.9. The van der Waals surface area contributed by atoms with Crippen LogP contribution < -0.4 is 20.3 Å². The summed E-state index contributed by atoms with van der Waals surface area (Å²) in [5, 5.41) is 14.6. The molecule has 2 aliphatic heterocycles. The second-order valence-corrected chi connectivity index (χ2v) is 10.0. The monoisotopic (exact) mass is 503 g/mol. The first-order chi connectivity index (χ1) is 16.9. The molecule has 0 aromatic heterocycles. The Labute approximate surface area is 211 Å². The molecule has 1 atom stereocenters. The molecule has 2 heterocycles. The lowest BCUT2D eigenvalue weighted by molar-refractivity contribution is -0.132. The fourth-order valence-electron chi connectivity index (χ4n) is 4.85. The lowest BCUT2D eigenvalue weighted by Crippen LogP contribution is -2.55. The number of likely N-dealkylation sites (tertiary alicyclic amines) is 1. The third kappa shape index (κ3) is 5.50. The van der Waals surface area contributed by atoms with Crippen molar-refractivity contribution in [2.24, 2.45) is 0 Å². The number of piperidine rings is 1. The average molecular weight is 504 g/mol. The maximum Gasteiger partial charge on any atom is 0.407 e. The van der Waals surface area contributed by atoms with Crippen molar-refractivity contribution in [3.8, 4) is 5.75 Å². The van der Waals surface area contributed by atoms with E-state index in [9.17, 15) is 24.3 Å². The van der Waals surface area contributed by atoms with Crippen LogP contribution in [-0.2, 0) is 4.79 Å². The van der Waals surface area contributed by atoms with Crippen LogP contribution in [0.15, 0.2) is 12.1 Å². The van der Waals surface area contributed by atoms with Crippen LogP contribution in [0, 0.1) is 6.92 Å². The molecule has 1 fully saturated rings. The van der Waals surface area contributed by atoms with Crippen molar-refractivity contribution in [2.75, 3.05) is 38.1 Å². The molecule has 36 heavy (non-hydrogen) atoms. The summed E-state index contributed by atoms with van der Waals surface area (Å²) < 4.78 is 6.00. The number of carbonyl (C=O) groups excluding carboxylic acids is 3. The highest BCUT2D eigenvalue weighted by Gasteiger charge is 2.42. The van der Waals surface area contributed by atoms with E-state index in [1.807, 2.05) is 20.8 Å². The van der Waals surface area contributed by atoms with Crippen LogP contribution in [0.4, 0.5) is 15.3 Å². The highest BCUT2D eigenvalue weighted by Crippen LogP contribution is 2.40. The van der Waals surface area contributed by atoms with E-state index >= 15 is 0 Å². The zero-order valence-electron chi connectivity index (χ0n) is 21.9. The van der Waals surface area contributed by atoms with E-state index in [1.54, 1.807) is 30.9 Å². The molecule has 3 rings (SSSR count). The Morgan fingerprint density at radius 2 is 1.97 bits per heavy atom. The summed E-state index contributed by atoms with van der Waals surface area (Å²) in [6, 6.07) is 2.68. The molecule has 5 amide bonds. The number of carboxylic acid groups (broad SMARTS) is 1. The molecule has 0 bridgehead atoms. The van der Waals surface area contributed by atoms with Crippen molar-refractivity contribution in [1.82, 2.24) is 20.4 Å². The highest BCUT2D eigenvalue weighted by atomic mass is 16.5. The van der Waals surface area contributed by atoms with Crippen LogP contribution >= 0.6 is 0 Å². The van der Waals surface area contributed by atoms with Gasteiger partial charge in [-0.05, 0) is 65.2 Å². The second-order valence-electron chi connectivity index (χ2n) is 10.0. The molecule has 3 N–H and O–H groups in total. The first-order valence-electron chi connectivity index (χ1n) is 12.3. The molecule has 0 saturated carbocycles. The molecule has 0 spiro atoms. The number of hydrogen-bond donors (Lipinski definition) is 3. The van der Waals surface area contributed by atoms with Gasteiger partial charge in [0.05, 0.1) is 11.7 Å². The van der Waals surface area contributed by atoms with Gasteiger partial charge in [-0.25, -0.2) is 9.59 Å². The van der Waals surface area contributed by atoms with Gasteiger partial charge in [-0.1, -0.05) is 0 Å². The predicted octanol–water partition coefficient (Wildman–Crippen LogP) is 2.42. The molecular formula is C25H37N5O6. The summed E-state index contributed by atoms with van der Waals surface area (Å²) in [6.07, 6.45) is 0.408. The molecule has 11 heteroatoms. The van der Waals surface area contributed by atoms with E-state index in [0.29, 0.717) is 42.0 Å². The quantitative estimate of drug-likeness (QED) is 0.546. The van der Waals surface area contributed by atoms with Crippen LogP contribution in [0.3, 0.4) is 0 Å². The van der Waals surface area contributed by atoms with Gasteiger partial charge in [-0.2, -0.15) is 0 Å². The third-order valence-corrected chi connectivity index (χ3v) is 6.65. The van der Waals surface area contributed by atoms with Crippen LogP contribution in [0.25, 0.3) is 0 Å². The van der Waals surface area contributed by atoms with Crippen molar-refractivity contribution >= 4 is 29.6 Å². The van der Waals surface area contributed by atoms with Crippen molar-refractivity contribution in [3.05, 3.63) is 23.3 Å². The number of amides is 5. The Balaban J connectivity index is 1.96. The van der Waals surface area contributed by atoms with E-state index < -0.39 is 11.7 Å². The molecule has 1 saturated heterocycles. The molecule has 11 nitrogen and oxygen atoms in total. The number of urea groups is 1. The first-order valence-corrected chi connectivity index (χ1v) is 12.3. The topological polar surface area (TPSA) is 132 Å². The first kappa shape index (κ1) is 27.1. The Bertz CT molecular complexity index is 1040. The summed E-state index contributed by atoms with van der Waals surface area (Å²) in [7, 11) is 1.51. The lowest BCUT2D eigenvalue weighted by atomic mass is 9.97. The zero-order chi connectivity index (χ0) is 26.8. The number of carbonyl (C=O) groups is 4. The highest BCUT2D eigenvalue weighted by molar-refractivity contribution is 6.05. The Kier molecular flexibility index (Phi) is 8.00. The average Bonchev–Trinajstić information content (AvgIpc) is 2.80. The number of hydrogen-bond acceptors (Lipinski definition) is 5. The third-order valence-electron chi connectivity index (χ3n) is 6.65. The van der Waals surface area contributed by atoms with Crippen molar-refractivity contribution < 1.29 is 29.0 Å². The number of benzene rings is 1. The van der Waals surface area contributed by atoms with E-state index in [1.165, 1.54) is 16.8 Å². The van der Waals surface area contributed by atoms with Gasteiger partial charge in [0.2, 0.25) is 0 Å². The van der Waals surface area contributed by atoms with Gasteiger partial charge in [-0.3, -0.25) is 9.59 Å². The Morgan fingerprint density at radius 1 is 1.28 bits per heavy atom. The Morgan fingerprint density at radius 3 is 2.58 bits per heavy atom. The number of aryl methyl sites for hydroxylation is 1. The number of nitrogens with zero attached hydrogens (tertiary/aromatic N) is 3. The minimum absolute atomic E-state index is 0.156. The van der Waals surface area contributed by atoms with E-state index in [4.69, 9.17) is 4.74 Å². The smallest absolute Gasteiger partial charge is 0.407 e. The van der Waals surface area contributed by atoms with Crippen LogP contribution in [0.2, 0.25) is 0 Å². The number of fused-ring (bicyclic) bond motifs is 1. The molecule has 198 valence electrons. The van der Waals surface area contributed by atoms with Crippen LogP contribution in [0.5, 0.6) is 5.75 Å². The molecule has 0 radical (unpaired) electrons. The van der Waals surface area contributed by atoms with Gasteiger partial charge in [0.1, 0.15) is 5.75 Å². The van der Waals surface area contributed by atoms with Crippen molar-refractivity contribution in [1.29, 1.82) is 0 Å². The van der Waals surface area contributed by atoms with Gasteiger partial charge in [-0.15, -0.1) is 0 Å². The van der Waals surface area contributed by atoms with Crippen LogP contribution in [0.1, 0.15) is 56.5 Å². The second kappa shape index (κ2) is 10.6. The molecule has 1 aromatic rings. The van der Waals surface area contributed by atoms with Gasteiger partial charge in [0.15, 0.2) is 5.60 Å². The van der Waals surface area contributed by atoms with E-state index in [-0.39, 0.29) is 49.6 Å². The van der Waals surface area contributed by atoms with E-state index in [2.05, 4.69) is 10.6 Å². The summed E-state index contributed by atoms with van der Waals surface area (Å²) in [5.74, 6) is -0.0104. The van der Waals surface area contributed by atoms with Crippen molar-refractivity contribution in [2.45, 2.75) is 65.1 Å². The number of nitrogens with one attached hydrogen (secondary N) is 2. The van der Waals surface area contributed by atoms with Gasteiger partial charge >= 0.3 is 12.1 Å². The van der Waals surface area contributed by atoms with Crippen LogP contribution in [-0.4, -0.2) is 89.8 Å². The van der Waals surface area contributed by atoms with Gasteiger partial charge < -0.3 is 35.2 Å². The molecule has 1 aromatic carbocycles. The SMILES string of the molecule is CNC(=O)NCCN1C(=O)C(C)(C)Oc2cc(C)c(C(=O)N(C(C)C)[C@@H]3CCCN(C(=O)O)C3)cc21. The number of rotatable bonds is 6. The fourth-order valence-corrected chi connectivity index (χ4v) is 4.85. The summed E-state index contributed by atoms with van der Waals surface area (Å²) in [5.41, 5.74) is 0.482. The number of ether oxygens (including phenoxy) is 1. The standard InChI is InChI=1S/C25H37N5O6/c1-15(2)30(17-8-7-10-28(14-17)24(34)35)21(31)18-13-19-20(12-16(18)3)36-25(4,5)22(32)29(19)11-9-27-23(33)26-6/h12-13,15,17H,7-11,14H2,1-6H3,(H,34,35)(H2,26,27,33)/t17-/m1/s1. The van der Waals surface area contributed by atoms with Gasteiger partial charge in [0, 0.05) is 44.8 Å². The molecular weight excluding hydrogens is 466 g/mol. The lowest BCUT2D eigenvalue weighted by Gasteiger charge is -2.41. The molecule has 0 unspecified atom stereocenters. The summed E-state index contributed by atoms with van der Waals surface area (Å²) in [6.45, 7) is 10.1. The Hall–Kier alpha value is -3.50. The summed E-state index contributed by atoms with van der Waals surface area (Å²) in [4.78, 5) is 54.9. The fraction of sp³-hybridized carbons (Fsp3) is 0.600. The molecule has 0 aliphatic carbocycles. The van der Waals surface area contributed by atoms with Crippen molar-refractivity contribution in [3.63, 3.8) is 0 Å². The normalized spacial score (nSPS) is 18.9. The predicted molar refractivity (Wildman–Crippen MR) is 135 cm³/mol. The zero-order valence-corrected chi connectivity index (χ0v) is 21.9. The number of anilines is 1. The maximum absolute atomic E-state index is 13.9. The summed E-state index contributed by atoms with van der Waals surface area (Å²) >= 11 is 0. The minimum atomic E-state index is -1.11. The van der Waals surface area contributed by atoms with Gasteiger partial charge in [0.25, 0.3) is 11.8 Å². The van der Waals surface area contributed by atoms with E-state index in [0.717, 1.165) is 0 Å². The minimum Gasteiger partial charge on any atom is -0.476 e. The molecule has 2 aliphatic rings.